The molecule has 0 atom stereocenters. The van der Waals surface area contributed by atoms with Crippen LogP contribution in [0.1, 0.15) is 10.4 Å². The summed E-state index contributed by atoms with van der Waals surface area (Å²) in [7, 11) is 3.10. The molecule has 2 N–H and O–H groups in total. The molecule has 0 saturated carbocycles. The maximum absolute atomic E-state index is 10.9. The van der Waals surface area contributed by atoms with E-state index in [0.29, 0.717) is 11.4 Å². The molecule has 0 bridgehead atoms. The Bertz CT molecular complexity index is 263. The van der Waals surface area contributed by atoms with Crippen molar-refractivity contribution in [1.29, 1.82) is 0 Å². The first-order valence-corrected chi connectivity index (χ1v) is 3.15. The molecule has 0 amide bonds. The molecule has 0 aromatic carbocycles. The van der Waals surface area contributed by atoms with Crippen molar-refractivity contribution in [3.8, 4) is 0 Å². The Morgan fingerprint density at radius 2 is 2.25 bits per heavy atom. The van der Waals surface area contributed by atoms with Gasteiger partial charge in [-0.25, -0.2) is 4.79 Å². The molecule has 4 nitrogen and oxygen atoms in total. The van der Waals surface area contributed by atoms with Gasteiger partial charge in [0.25, 0.3) is 0 Å². The minimum absolute atomic E-state index is 0. The fraction of sp³-hybridized carbons (Fsp3) is 0.286. The molecular weight excluding hydrogens is 180 g/mol. The van der Waals surface area contributed by atoms with Gasteiger partial charge in [-0.3, -0.25) is 0 Å². The normalized spacial score (nSPS) is 8.83. The van der Waals surface area contributed by atoms with Crippen molar-refractivity contribution < 1.29 is 9.53 Å². The highest BCUT2D eigenvalue weighted by Gasteiger charge is 2.07. The Balaban J connectivity index is 0.00000121. The molecule has 0 aliphatic carbocycles. The van der Waals surface area contributed by atoms with Crippen molar-refractivity contribution in [2.75, 3.05) is 12.8 Å². The second-order valence-electron chi connectivity index (χ2n) is 2.26. The van der Waals surface area contributed by atoms with E-state index >= 15 is 0 Å². The number of nitrogen functional groups attached to an aromatic ring is 1. The average molecular weight is 191 g/mol. The second kappa shape index (κ2) is 4.01. The van der Waals surface area contributed by atoms with Crippen LogP contribution in [0.4, 0.5) is 5.82 Å². The summed E-state index contributed by atoms with van der Waals surface area (Å²) in [6.07, 6.45) is 1.63. The number of ether oxygens (including phenoxy) is 1. The van der Waals surface area contributed by atoms with Crippen LogP contribution in [0.2, 0.25) is 0 Å². The number of esters is 1. The van der Waals surface area contributed by atoms with Crippen LogP contribution in [0.3, 0.4) is 0 Å². The van der Waals surface area contributed by atoms with Gasteiger partial charge in [-0.05, 0) is 6.07 Å². The summed E-state index contributed by atoms with van der Waals surface area (Å²) in [5, 5.41) is 0. The average Bonchev–Trinajstić information content (AvgIpc) is 2.31. The molecule has 0 saturated heterocycles. The van der Waals surface area contributed by atoms with E-state index in [0.717, 1.165) is 0 Å². The fourth-order valence-corrected chi connectivity index (χ4v) is 0.811. The van der Waals surface area contributed by atoms with Gasteiger partial charge in [-0.2, -0.15) is 0 Å². The first kappa shape index (κ1) is 10.8. The molecule has 0 fully saturated rings. The van der Waals surface area contributed by atoms with Gasteiger partial charge in [0.1, 0.15) is 5.82 Å². The van der Waals surface area contributed by atoms with E-state index in [1.807, 2.05) is 0 Å². The zero-order valence-electron chi connectivity index (χ0n) is 6.90. The van der Waals surface area contributed by atoms with Gasteiger partial charge >= 0.3 is 5.97 Å². The molecule has 1 aromatic rings. The van der Waals surface area contributed by atoms with Crippen LogP contribution in [-0.2, 0) is 11.8 Å². The van der Waals surface area contributed by atoms with Crippen LogP contribution in [0.25, 0.3) is 0 Å². The minimum Gasteiger partial charge on any atom is -0.465 e. The Hall–Kier alpha value is -1.16. The molecule has 0 radical (unpaired) electrons. The van der Waals surface area contributed by atoms with E-state index in [1.54, 1.807) is 23.9 Å². The number of anilines is 1. The van der Waals surface area contributed by atoms with Crippen LogP contribution >= 0.6 is 12.4 Å². The van der Waals surface area contributed by atoms with E-state index in [4.69, 9.17) is 5.73 Å². The Morgan fingerprint density at radius 3 is 2.58 bits per heavy atom. The molecule has 0 aliphatic rings. The van der Waals surface area contributed by atoms with Gasteiger partial charge in [0.15, 0.2) is 0 Å². The van der Waals surface area contributed by atoms with E-state index in [9.17, 15) is 4.79 Å². The number of carbonyl (C=O) groups excluding carboxylic acids is 1. The largest absolute Gasteiger partial charge is 0.465 e. The predicted octanol–water partition coefficient (Wildman–Crippen LogP) is 0.816. The molecule has 12 heavy (non-hydrogen) atoms. The molecule has 0 spiro atoms. The third-order valence-corrected chi connectivity index (χ3v) is 1.46. The quantitative estimate of drug-likeness (QED) is 0.667. The summed E-state index contributed by atoms with van der Waals surface area (Å²) in [6.45, 7) is 0. The predicted molar refractivity (Wildman–Crippen MR) is 48.4 cm³/mol. The molecule has 1 rings (SSSR count). The SMILES string of the molecule is COC(=O)c1cc(N)n(C)c1.Cl. The van der Waals surface area contributed by atoms with Gasteiger partial charge in [0.05, 0.1) is 12.7 Å². The maximum Gasteiger partial charge on any atom is 0.339 e. The number of nitrogens with zero attached hydrogens (tertiary/aromatic N) is 1. The maximum atomic E-state index is 10.9. The number of methoxy groups -OCH3 is 1. The molecule has 0 unspecified atom stereocenters. The lowest BCUT2D eigenvalue weighted by molar-refractivity contribution is 0.0601. The summed E-state index contributed by atoms with van der Waals surface area (Å²) < 4.78 is 6.16. The van der Waals surface area contributed by atoms with Gasteiger partial charge < -0.3 is 15.0 Å². The van der Waals surface area contributed by atoms with Crippen molar-refractivity contribution in [2.45, 2.75) is 0 Å². The molecule has 5 heteroatoms. The van der Waals surface area contributed by atoms with E-state index < -0.39 is 0 Å². The smallest absolute Gasteiger partial charge is 0.339 e. The van der Waals surface area contributed by atoms with Crippen LogP contribution in [0.15, 0.2) is 12.3 Å². The number of hydrogen-bond acceptors (Lipinski definition) is 3. The van der Waals surface area contributed by atoms with Crippen LogP contribution in [0, 0.1) is 0 Å². The lowest BCUT2D eigenvalue weighted by Gasteiger charge is -1.91. The second-order valence-corrected chi connectivity index (χ2v) is 2.26. The van der Waals surface area contributed by atoms with Crippen LogP contribution in [-0.4, -0.2) is 17.6 Å². The van der Waals surface area contributed by atoms with Crippen molar-refractivity contribution in [2.24, 2.45) is 7.05 Å². The van der Waals surface area contributed by atoms with Gasteiger partial charge in [-0.15, -0.1) is 12.4 Å². The highest BCUT2D eigenvalue weighted by molar-refractivity contribution is 5.90. The number of hydrogen-bond donors (Lipinski definition) is 1. The lowest BCUT2D eigenvalue weighted by Crippen LogP contribution is -1.98. The fourth-order valence-electron chi connectivity index (χ4n) is 0.811. The van der Waals surface area contributed by atoms with Gasteiger partial charge in [0.2, 0.25) is 0 Å². The van der Waals surface area contributed by atoms with Crippen molar-refractivity contribution in [1.82, 2.24) is 4.57 Å². The molecule has 1 heterocycles. The van der Waals surface area contributed by atoms with Crippen LogP contribution < -0.4 is 5.73 Å². The number of aromatic nitrogens is 1. The zero-order valence-corrected chi connectivity index (χ0v) is 7.72. The molecule has 1 aromatic heterocycles. The summed E-state index contributed by atoms with van der Waals surface area (Å²) in [5.41, 5.74) is 5.97. The van der Waals surface area contributed by atoms with Crippen molar-refractivity contribution >= 4 is 24.2 Å². The Labute approximate surface area is 76.7 Å². The summed E-state index contributed by atoms with van der Waals surface area (Å²) in [4.78, 5) is 10.9. The minimum atomic E-state index is -0.364. The third kappa shape index (κ3) is 1.92. The van der Waals surface area contributed by atoms with Crippen molar-refractivity contribution in [3.05, 3.63) is 17.8 Å². The standard InChI is InChI=1S/C7H10N2O2.ClH/c1-9-4-5(3-6(9)8)7(10)11-2;/h3-4H,8H2,1-2H3;1H. The first-order valence-electron chi connectivity index (χ1n) is 3.15. The zero-order chi connectivity index (χ0) is 8.43. The third-order valence-electron chi connectivity index (χ3n) is 1.46. The Morgan fingerprint density at radius 1 is 1.67 bits per heavy atom. The number of carbonyl (C=O) groups is 1. The van der Waals surface area contributed by atoms with Crippen LogP contribution in [0.5, 0.6) is 0 Å². The number of nitrogens with two attached hydrogens (primary N) is 1. The van der Waals surface area contributed by atoms with Gasteiger partial charge in [-0.1, -0.05) is 0 Å². The first-order chi connectivity index (χ1) is 5.15. The van der Waals surface area contributed by atoms with Gasteiger partial charge in [0, 0.05) is 13.2 Å². The number of aryl methyl sites for hydroxylation is 1. The molecule has 68 valence electrons. The van der Waals surface area contributed by atoms with E-state index in [2.05, 4.69) is 4.74 Å². The number of halogens is 1. The number of rotatable bonds is 1. The summed E-state index contributed by atoms with van der Waals surface area (Å²) in [5.74, 6) is 0.183. The highest BCUT2D eigenvalue weighted by atomic mass is 35.5. The van der Waals surface area contributed by atoms with E-state index in [1.165, 1.54) is 7.11 Å². The highest BCUT2D eigenvalue weighted by Crippen LogP contribution is 2.08. The monoisotopic (exact) mass is 190 g/mol. The molecule has 0 aliphatic heterocycles. The Kier molecular flexibility index (Phi) is 3.63. The topological polar surface area (TPSA) is 57.2 Å². The van der Waals surface area contributed by atoms with Crippen molar-refractivity contribution in [3.63, 3.8) is 0 Å². The molecular formula is C7H11ClN2O2. The lowest BCUT2D eigenvalue weighted by atomic mass is 10.3. The summed E-state index contributed by atoms with van der Waals surface area (Å²) >= 11 is 0. The summed E-state index contributed by atoms with van der Waals surface area (Å²) in [6, 6.07) is 1.58. The van der Waals surface area contributed by atoms with E-state index in [-0.39, 0.29) is 18.4 Å².